The van der Waals surface area contributed by atoms with E-state index >= 15 is 0 Å². The highest BCUT2D eigenvalue weighted by molar-refractivity contribution is 5.83. The van der Waals surface area contributed by atoms with Gasteiger partial charge in [-0.05, 0) is 12.5 Å². The number of carbonyl (C=O) groups excluding carboxylic acids is 2. The van der Waals surface area contributed by atoms with E-state index in [1.165, 1.54) is 0 Å². The Morgan fingerprint density at radius 3 is 2.80 bits per heavy atom. The van der Waals surface area contributed by atoms with Crippen LogP contribution in [0.3, 0.4) is 0 Å². The maximum absolute atomic E-state index is 11.6. The predicted molar refractivity (Wildman–Crippen MR) is 69.8 cm³/mol. The van der Waals surface area contributed by atoms with Gasteiger partial charge in [0.25, 0.3) is 0 Å². The van der Waals surface area contributed by atoms with Crippen LogP contribution in [0.1, 0.15) is 18.9 Å². The first-order valence-electron chi connectivity index (χ1n) is 6.33. The molecule has 1 aliphatic rings. The second-order valence-electron chi connectivity index (χ2n) is 4.99. The molecule has 0 saturated carbocycles. The van der Waals surface area contributed by atoms with Gasteiger partial charge in [0, 0.05) is 6.42 Å². The van der Waals surface area contributed by atoms with E-state index in [4.69, 9.17) is 14.6 Å². The number of hydrogen-bond acceptors (Lipinski definition) is 5. The molecular formula is C14H17NO5. The lowest BCUT2D eigenvalue weighted by molar-refractivity contribution is -0.150. The average Bonchev–Trinajstić information content (AvgIpc) is 2.73. The molecule has 2 rings (SSSR count). The van der Waals surface area contributed by atoms with E-state index in [1.807, 2.05) is 30.3 Å². The number of aliphatic hydroxyl groups excluding tert-OH is 1. The number of benzene rings is 1. The van der Waals surface area contributed by atoms with Gasteiger partial charge in [0.1, 0.15) is 18.2 Å². The number of nitrogens with one attached hydrogen (secondary N) is 1. The number of rotatable bonds is 4. The monoisotopic (exact) mass is 279 g/mol. The zero-order valence-corrected chi connectivity index (χ0v) is 11.2. The third kappa shape index (κ3) is 3.48. The van der Waals surface area contributed by atoms with E-state index in [2.05, 4.69) is 5.32 Å². The van der Waals surface area contributed by atoms with E-state index in [1.54, 1.807) is 6.92 Å². The fourth-order valence-electron chi connectivity index (χ4n) is 1.98. The molecule has 1 aromatic carbocycles. The average molecular weight is 279 g/mol. The quantitative estimate of drug-likeness (QED) is 0.802. The van der Waals surface area contributed by atoms with Crippen molar-refractivity contribution in [2.75, 3.05) is 6.61 Å². The minimum absolute atomic E-state index is 0.131. The molecule has 1 saturated heterocycles. The van der Waals surface area contributed by atoms with Crippen LogP contribution in [0.2, 0.25) is 0 Å². The number of amides is 1. The summed E-state index contributed by atoms with van der Waals surface area (Å²) in [6.07, 6.45) is -0.457. The number of ether oxygens (including phenoxy) is 2. The fourth-order valence-corrected chi connectivity index (χ4v) is 1.98. The summed E-state index contributed by atoms with van der Waals surface area (Å²) in [4.78, 5) is 23.2. The van der Waals surface area contributed by atoms with Crippen LogP contribution in [0.25, 0.3) is 0 Å². The number of alkyl carbamates (subject to hydrolysis) is 1. The number of cyclic esters (lactones) is 1. The molecule has 1 fully saturated rings. The van der Waals surface area contributed by atoms with Crippen molar-refractivity contribution in [2.24, 2.45) is 0 Å². The van der Waals surface area contributed by atoms with Gasteiger partial charge in [-0.3, -0.25) is 0 Å². The molecule has 0 unspecified atom stereocenters. The number of carbonyl (C=O) groups is 2. The summed E-state index contributed by atoms with van der Waals surface area (Å²) in [5.41, 5.74) is -0.0779. The number of hydrogen-bond donors (Lipinski definition) is 2. The lowest BCUT2D eigenvalue weighted by Gasteiger charge is -2.18. The van der Waals surface area contributed by atoms with E-state index in [0.717, 1.165) is 5.56 Å². The third-order valence-corrected chi connectivity index (χ3v) is 3.11. The van der Waals surface area contributed by atoms with Gasteiger partial charge in [-0.15, -0.1) is 0 Å². The van der Waals surface area contributed by atoms with Crippen molar-refractivity contribution in [3.8, 4) is 0 Å². The highest BCUT2D eigenvalue weighted by Gasteiger charge is 2.43. The maximum Gasteiger partial charge on any atom is 0.408 e. The molecule has 2 N–H and O–H groups in total. The van der Waals surface area contributed by atoms with Crippen LogP contribution in [-0.4, -0.2) is 35.4 Å². The van der Waals surface area contributed by atoms with Crippen LogP contribution < -0.4 is 5.32 Å². The van der Waals surface area contributed by atoms with Gasteiger partial charge in [0.05, 0.1) is 6.61 Å². The lowest BCUT2D eigenvalue weighted by atomic mass is 10.0. The number of aliphatic hydroxyl groups is 1. The number of esters is 1. The molecule has 6 nitrogen and oxygen atoms in total. The lowest BCUT2D eigenvalue weighted by Crippen LogP contribution is -2.38. The van der Waals surface area contributed by atoms with Gasteiger partial charge in [-0.25, -0.2) is 9.59 Å². The van der Waals surface area contributed by atoms with Gasteiger partial charge in [0.15, 0.2) is 0 Å². The third-order valence-electron chi connectivity index (χ3n) is 3.11. The summed E-state index contributed by atoms with van der Waals surface area (Å²) >= 11 is 0. The summed E-state index contributed by atoms with van der Waals surface area (Å²) in [7, 11) is 0. The van der Waals surface area contributed by atoms with Crippen LogP contribution in [0.4, 0.5) is 4.79 Å². The molecule has 6 heteroatoms. The van der Waals surface area contributed by atoms with Gasteiger partial charge in [-0.2, -0.15) is 0 Å². The highest BCUT2D eigenvalue weighted by atomic mass is 16.6. The molecule has 0 spiro atoms. The smallest absolute Gasteiger partial charge is 0.408 e. The molecule has 0 bridgehead atoms. The molecule has 1 amide bonds. The largest absolute Gasteiger partial charge is 0.455 e. The highest BCUT2D eigenvalue weighted by Crippen LogP contribution is 2.25. The molecule has 0 aliphatic carbocycles. The Morgan fingerprint density at radius 2 is 2.20 bits per heavy atom. The summed E-state index contributed by atoms with van der Waals surface area (Å²) in [6, 6.07) is 8.44. The Hall–Kier alpha value is -2.08. The Balaban J connectivity index is 1.82. The Morgan fingerprint density at radius 1 is 1.50 bits per heavy atom. The first-order valence-corrected chi connectivity index (χ1v) is 6.33. The standard InChI is InChI=1S/C14H17NO5/c1-14(9-16)7-11(12(17)20-14)15-13(18)19-8-10-5-3-2-4-6-10/h2-6,11,16H,7-9H2,1H3,(H,15,18)/t11-,14-/m0/s1. The molecule has 0 radical (unpaired) electrons. The van der Waals surface area contributed by atoms with Crippen molar-refractivity contribution in [2.45, 2.75) is 31.6 Å². The molecule has 0 aromatic heterocycles. The first-order chi connectivity index (χ1) is 9.52. The fraction of sp³-hybridized carbons (Fsp3) is 0.429. The zero-order valence-electron chi connectivity index (χ0n) is 11.2. The van der Waals surface area contributed by atoms with Crippen LogP contribution in [0.5, 0.6) is 0 Å². The maximum atomic E-state index is 11.6. The van der Waals surface area contributed by atoms with Gasteiger partial charge in [-0.1, -0.05) is 30.3 Å². The van der Waals surface area contributed by atoms with Crippen molar-refractivity contribution in [3.05, 3.63) is 35.9 Å². The Labute approximate surface area is 116 Å². The van der Waals surface area contributed by atoms with E-state index < -0.39 is 23.7 Å². The van der Waals surface area contributed by atoms with Crippen LogP contribution in [0.15, 0.2) is 30.3 Å². The van der Waals surface area contributed by atoms with Crippen molar-refractivity contribution in [1.82, 2.24) is 5.32 Å². The van der Waals surface area contributed by atoms with Crippen LogP contribution in [0, 0.1) is 0 Å². The molecule has 1 aromatic rings. The molecule has 2 atom stereocenters. The summed E-state index contributed by atoms with van der Waals surface area (Å²) < 4.78 is 10.0. The van der Waals surface area contributed by atoms with Crippen LogP contribution in [-0.2, 0) is 20.9 Å². The topological polar surface area (TPSA) is 84.9 Å². The van der Waals surface area contributed by atoms with Crippen molar-refractivity contribution in [3.63, 3.8) is 0 Å². The summed E-state index contributed by atoms with van der Waals surface area (Å²) in [6.45, 7) is 1.46. The van der Waals surface area contributed by atoms with E-state index in [0.29, 0.717) is 0 Å². The normalized spacial score (nSPS) is 25.1. The second-order valence-corrected chi connectivity index (χ2v) is 4.99. The van der Waals surface area contributed by atoms with E-state index in [9.17, 15) is 9.59 Å². The van der Waals surface area contributed by atoms with E-state index in [-0.39, 0.29) is 19.6 Å². The summed E-state index contributed by atoms with van der Waals surface area (Å²) in [5, 5.41) is 11.6. The minimum atomic E-state index is -0.936. The van der Waals surface area contributed by atoms with Crippen LogP contribution >= 0.6 is 0 Å². The van der Waals surface area contributed by atoms with Crippen molar-refractivity contribution < 1.29 is 24.2 Å². The summed E-state index contributed by atoms with van der Waals surface area (Å²) in [5.74, 6) is -0.557. The Kier molecular flexibility index (Phi) is 4.24. The SMILES string of the molecule is C[C@@]1(CO)C[C@H](NC(=O)OCc2ccccc2)C(=O)O1. The van der Waals surface area contributed by atoms with Crippen molar-refractivity contribution >= 4 is 12.1 Å². The molecule has 108 valence electrons. The second kappa shape index (κ2) is 5.92. The zero-order chi connectivity index (χ0) is 14.6. The molecule has 20 heavy (non-hydrogen) atoms. The molecule has 1 heterocycles. The van der Waals surface area contributed by atoms with Gasteiger partial charge in [0.2, 0.25) is 0 Å². The molecular weight excluding hydrogens is 262 g/mol. The van der Waals surface area contributed by atoms with Gasteiger partial charge >= 0.3 is 12.1 Å². The Bertz CT molecular complexity index is 490. The minimum Gasteiger partial charge on any atom is -0.455 e. The predicted octanol–water partition coefficient (Wildman–Crippen LogP) is 0.979. The first kappa shape index (κ1) is 14.3. The van der Waals surface area contributed by atoms with Crippen molar-refractivity contribution in [1.29, 1.82) is 0 Å². The van der Waals surface area contributed by atoms with Gasteiger partial charge < -0.3 is 19.9 Å². The molecule has 1 aliphatic heterocycles.